The summed E-state index contributed by atoms with van der Waals surface area (Å²) in [4.78, 5) is 0. The van der Waals surface area contributed by atoms with E-state index in [0.29, 0.717) is 6.54 Å². The van der Waals surface area contributed by atoms with Gasteiger partial charge in [0.15, 0.2) is 12.1 Å². The minimum absolute atomic E-state index is 0.220. The molecular formula is C21H27NO6. The smallest absolute Gasteiger partial charge is 0.186 e. The predicted molar refractivity (Wildman–Crippen MR) is 101 cm³/mol. The van der Waals surface area contributed by atoms with Crippen molar-refractivity contribution in [3.63, 3.8) is 0 Å². The second-order valence-electron chi connectivity index (χ2n) is 7.49. The predicted octanol–water partition coefficient (Wildman–Crippen LogP) is 3.01. The van der Waals surface area contributed by atoms with E-state index in [-0.39, 0.29) is 24.4 Å². The van der Waals surface area contributed by atoms with Crippen molar-refractivity contribution >= 4 is 0 Å². The molecule has 2 fully saturated rings. The van der Waals surface area contributed by atoms with Gasteiger partial charge in [-0.1, -0.05) is 12.1 Å². The summed E-state index contributed by atoms with van der Waals surface area (Å²) in [5, 5.41) is 3.55. The molecule has 1 aromatic heterocycles. The van der Waals surface area contributed by atoms with Crippen molar-refractivity contribution in [2.75, 3.05) is 14.2 Å². The highest BCUT2D eigenvalue weighted by Crippen LogP contribution is 2.42. The van der Waals surface area contributed by atoms with E-state index in [1.54, 1.807) is 20.5 Å². The molecule has 0 aliphatic carbocycles. The van der Waals surface area contributed by atoms with Crippen LogP contribution in [0, 0.1) is 0 Å². The Morgan fingerprint density at radius 2 is 1.82 bits per heavy atom. The molecule has 7 nitrogen and oxygen atoms in total. The summed E-state index contributed by atoms with van der Waals surface area (Å²) in [5.41, 5.74) is 1.12. The van der Waals surface area contributed by atoms with Crippen LogP contribution < -0.4 is 10.1 Å². The van der Waals surface area contributed by atoms with E-state index in [4.69, 9.17) is 28.1 Å². The summed E-state index contributed by atoms with van der Waals surface area (Å²) >= 11 is 0. The van der Waals surface area contributed by atoms with Gasteiger partial charge in [-0.05, 0) is 43.7 Å². The molecule has 3 heterocycles. The zero-order valence-corrected chi connectivity index (χ0v) is 16.6. The largest absolute Gasteiger partial charge is 0.497 e. The Morgan fingerprint density at radius 1 is 1.07 bits per heavy atom. The fourth-order valence-corrected chi connectivity index (χ4v) is 3.87. The zero-order chi connectivity index (χ0) is 19.7. The van der Waals surface area contributed by atoms with Crippen LogP contribution in [0.3, 0.4) is 0 Å². The highest BCUT2D eigenvalue weighted by atomic mass is 16.8. The lowest BCUT2D eigenvalue weighted by atomic mass is 10.0. The Hall–Kier alpha value is -1.90. The van der Waals surface area contributed by atoms with E-state index < -0.39 is 12.1 Å². The molecule has 4 rings (SSSR count). The summed E-state index contributed by atoms with van der Waals surface area (Å²) in [6.07, 6.45) is 0.301. The molecule has 2 aliphatic heterocycles. The number of furan rings is 1. The first-order chi connectivity index (χ1) is 13.5. The van der Waals surface area contributed by atoms with Gasteiger partial charge >= 0.3 is 0 Å². The Bertz CT molecular complexity index is 760. The molecule has 1 aromatic carbocycles. The van der Waals surface area contributed by atoms with E-state index in [0.717, 1.165) is 17.1 Å². The molecule has 0 bridgehead atoms. The number of hydrogen-bond acceptors (Lipinski definition) is 7. The number of ether oxygens (including phenoxy) is 5. The Balaban J connectivity index is 1.54. The standard InChI is InChI=1S/C21H27NO6/c1-21(2)27-18-17(26-20(24-4)19(18)28-21)16(15-6-5-11-25-15)22-12-13-7-9-14(23-3)10-8-13/h5-11,16-20,22H,12H2,1-4H3/t16-,17-,18-,19-,20-/m1/s1. The molecule has 0 amide bonds. The summed E-state index contributed by atoms with van der Waals surface area (Å²) in [5.74, 6) is 0.926. The Kier molecular flexibility index (Phi) is 5.44. The van der Waals surface area contributed by atoms with E-state index in [9.17, 15) is 0 Å². The minimum Gasteiger partial charge on any atom is -0.497 e. The highest BCUT2D eigenvalue weighted by molar-refractivity contribution is 5.27. The third kappa shape index (κ3) is 3.81. The van der Waals surface area contributed by atoms with E-state index >= 15 is 0 Å². The number of hydrogen-bond donors (Lipinski definition) is 1. The molecule has 0 saturated carbocycles. The van der Waals surface area contributed by atoms with Crippen LogP contribution in [0.2, 0.25) is 0 Å². The first-order valence-electron chi connectivity index (χ1n) is 9.44. The topological polar surface area (TPSA) is 71.3 Å². The molecule has 5 atom stereocenters. The molecular weight excluding hydrogens is 362 g/mol. The van der Waals surface area contributed by atoms with Crippen molar-refractivity contribution in [1.29, 1.82) is 0 Å². The van der Waals surface area contributed by atoms with Crippen LogP contribution in [0.5, 0.6) is 5.75 Å². The van der Waals surface area contributed by atoms with Crippen molar-refractivity contribution in [2.24, 2.45) is 0 Å². The number of methoxy groups -OCH3 is 2. The molecule has 0 unspecified atom stereocenters. The van der Waals surface area contributed by atoms with Gasteiger partial charge in [-0.2, -0.15) is 0 Å². The summed E-state index contributed by atoms with van der Waals surface area (Å²) in [6.45, 7) is 4.44. The fourth-order valence-electron chi connectivity index (χ4n) is 3.87. The zero-order valence-electron chi connectivity index (χ0n) is 16.6. The molecule has 0 spiro atoms. The molecule has 7 heteroatoms. The van der Waals surface area contributed by atoms with Gasteiger partial charge in [0.05, 0.1) is 19.4 Å². The summed E-state index contributed by atoms with van der Waals surface area (Å²) < 4.78 is 34.8. The average Bonchev–Trinajstić information content (AvgIpc) is 3.39. The van der Waals surface area contributed by atoms with E-state index in [1.165, 1.54) is 0 Å². The Labute approximate surface area is 164 Å². The van der Waals surface area contributed by atoms with Crippen molar-refractivity contribution in [1.82, 2.24) is 5.32 Å². The molecule has 2 aliphatic rings. The van der Waals surface area contributed by atoms with Crippen molar-refractivity contribution < 1.29 is 28.1 Å². The molecule has 2 saturated heterocycles. The number of rotatable bonds is 7. The molecule has 2 aromatic rings. The first kappa shape index (κ1) is 19.4. The monoisotopic (exact) mass is 389 g/mol. The SMILES string of the molecule is COc1ccc(CN[C@H](c2ccco2)[C@H]2O[C@@H](OC)[C@@H]3OC(C)(C)O[C@@H]32)cc1. The van der Waals surface area contributed by atoms with Crippen molar-refractivity contribution in [2.45, 2.75) is 56.8 Å². The van der Waals surface area contributed by atoms with Gasteiger partial charge in [0.1, 0.15) is 29.8 Å². The summed E-state index contributed by atoms with van der Waals surface area (Å²) in [7, 11) is 3.27. The minimum atomic E-state index is -0.683. The molecule has 28 heavy (non-hydrogen) atoms. The van der Waals surface area contributed by atoms with Gasteiger partial charge in [0, 0.05) is 13.7 Å². The number of nitrogens with one attached hydrogen (secondary N) is 1. The van der Waals surface area contributed by atoms with Gasteiger partial charge in [0.25, 0.3) is 0 Å². The maximum Gasteiger partial charge on any atom is 0.186 e. The van der Waals surface area contributed by atoms with Gasteiger partial charge in [-0.15, -0.1) is 0 Å². The lowest BCUT2D eigenvalue weighted by Gasteiger charge is -2.28. The van der Waals surface area contributed by atoms with Crippen molar-refractivity contribution in [3.8, 4) is 5.75 Å². The van der Waals surface area contributed by atoms with Crippen LogP contribution in [0.4, 0.5) is 0 Å². The summed E-state index contributed by atoms with van der Waals surface area (Å²) in [6, 6.07) is 11.5. The lowest BCUT2D eigenvalue weighted by molar-refractivity contribution is -0.230. The van der Waals surface area contributed by atoms with E-state index in [1.807, 2.05) is 50.2 Å². The van der Waals surface area contributed by atoms with Crippen molar-refractivity contribution in [3.05, 3.63) is 54.0 Å². The third-order valence-corrected chi connectivity index (χ3v) is 5.14. The second kappa shape index (κ2) is 7.85. The van der Waals surface area contributed by atoms with Crippen LogP contribution in [0.15, 0.2) is 47.1 Å². The highest BCUT2D eigenvalue weighted by Gasteiger charge is 2.58. The Morgan fingerprint density at radius 3 is 2.46 bits per heavy atom. The fraction of sp³-hybridized carbons (Fsp3) is 0.524. The van der Waals surface area contributed by atoms with Gasteiger partial charge in [0.2, 0.25) is 0 Å². The van der Waals surface area contributed by atoms with E-state index in [2.05, 4.69) is 5.32 Å². The van der Waals surface area contributed by atoms with Crippen LogP contribution >= 0.6 is 0 Å². The maximum atomic E-state index is 6.17. The normalized spacial score (nSPS) is 29.6. The van der Waals surface area contributed by atoms with Crippen LogP contribution in [0.1, 0.15) is 31.2 Å². The third-order valence-electron chi connectivity index (χ3n) is 5.14. The molecule has 1 N–H and O–H groups in total. The quantitative estimate of drug-likeness (QED) is 0.780. The first-order valence-corrected chi connectivity index (χ1v) is 9.44. The van der Waals surface area contributed by atoms with Crippen LogP contribution in [0.25, 0.3) is 0 Å². The van der Waals surface area contributed by atoms with Crippen LogP contribution in [-0.2, 0) is 25.5 Å². The maximum absolute atomic E-state index is 6.17. The second-order valence-corrected chi connectivity index (χ2v) is 7.49. The number of benzene rings is 1. The lowest BCUT2D eigenvalue weighted by Crippen LogP contribution is -2.40. The van der Waals surface area contributed by atoms with Crippen LogP contribution in [-0.4, -0.2) is 44.6 Å². The van der Waals surface area contributed by atoms with Gasteiger partial charge in [-0.25, -0.2) is 0 Å². The van der Waals surface area contributed by atoms with Gasteiger partial charge < -0.3 is 33.4 Å². The van der Waals surface area contributed by atoms with Gasteiger partial charge in [-0.3, -0.25) is 0 Å². The number of fused-ring (bicyclic) bond motifs is 1. The average molecular weight is 389 g/mol. The molecule has 152 valence electrons. The molecule has 0 radical (unpaired) electrons.